The number of H-pyrrole nitrogens is 1. The number of hydrogen-bond acceptors (Lipinski definition) is 6. The molecule has 0 unspecified atom stereocenters. The van der Waals surface area contributed by atoms with Crippen LogP contribution in [0.1, 0.15) is 70.0 Å². The summed E-state index contributed by atoms with van der Waals surface area (Å²) in [4.78, 5) is 33.9. The maximum atomic E-state index is 13.1. The first kappa shape index (κ1) is 20.0. The Morgan fingerprint density at radius 3 is 2.72 bits per heavy atom. The number of Topliss-reactive ketones (excluding diaryl/α,β-unsaturated/α-hetero) is 1. The lowest BCUT2D eigenvalue weighted by Crippen LogP contribution is -2.36. The Morgan fingerprint density at radius 2 is 2.07 bits per heavy atom. The van der Waals surface area contributed by atoms with Crippen LogP contribution in [0, 0.1) is 12.3 Å². The van der Waals surface area contributed by atoms with Crippen LogP contribution in [0.2, 0.25) is 0 Å². The van der Waals surface area contributed by atoms with Gasteiger partial charge in [-0.05, 0) is 37.3 Å². The summed E-state index contributed by atoms with van der Waals surface area (Å²) in [6.07, 6.45) is 2.16. The summed E-state index contributed by atoms with van der Waals surface area (Å²) in [6, 6.07) is 3.72. The van der Waals surface area contributed by atoms with E-state index in [1.807, 2.05) is 19.1 Å². The summed E-state index contributed by atoms with van der Waals surface area (Å²) >= 11 is 1.55. The van der Waals surface area contributed by atoms with E-state index in [2.05, 4.69) is 38.0 Å². The second-order valence-corrected chi connectivity index (χ2v) is 10.2. The van der Waals surface area contributed by atoms with Gasteiger partial charge in [-0.15, -0.1) is 0 Å². The highest BCUT2D eigenvalue weighted by atomic mass is 32.2. The molecule has 1 aliphatic heterocycles. The zero-order valence-corrected chi connectivity index (χ0v) is 18.3. The van der Waals surface area contributed by atoms with E-state index in [1.165, 1.54) is 0 Å². The van der Waals surface area contributed by atoms with Crippen LogP contribution in [0.3, 0.4) is 0 Å². The molecule has 2 atom stereocenters. The van der Waals surface area contributed by atoms with E-state index in [0.29, 0.717) is 39.5 Å². The van der Waals surface area contributed by atoms with Gasteiger partial charge in [-0.2, -0.15) is 0 Å². The third-order valence-corrected chi connectivity index (χ3v) is 6.79. The molecule has 4 rings (SSSR count). The third kappa shape index (κ3) is 3.68. The van der Waals surface area contributed by atoms with Crippen molar-refractivity contribution in [2.45, 2.75) is 70.2 Å². The molecule has 2 aromatic heterocycles. The van der Waals surface area contributed by atoms with Crippen LogP contribution in [-0.2, 0) is 4.79 Å². The zero-order chi connectivity index (χ0) is 20.9. The molecule has 0 spiro atoms. The number of hydrogen-bond donors (Lipinski definition) is 2. The number of rotatable bonds is 4. The van der Waals surface area contributed by atoms with E-state index in [-0.39, 0.29) is 16.8 Å². The Labute approximate surface area is 174 Å². The molecule has 2 aliphatic rings. The monoisotopic (exact) mass is 413 g/mol. The molecule has 0 fully saturated rings. The number of carbonyl (C=O) groups is 1. The molecule has 0 aromatic carbocycles. The molecule has 2 N–H and O–H groups in total. The van der Waals surface area contributed by atoms with Crippen molar-refractivity contribution in [3.8, 4) is 0 Å². The first-order chi connectivity index (χ1) is 13.7. The van der Waals surface area contributed by atoms with Crippen molar-refractivity contribution in [1.29, 1.82) is 0 Å². The van der Waals surface area contributed by atoms with E-state index in [0.717, 1.165) is 24.3 Å². The van der Waals surface area contributed by atoms with Gasteiger partial charge in [0.1, 0.15) is 17.3 Å². The first-order valence-electron chi connectivity index (χ1n) is 10.1. The van der Waals surface area contributed by atoms with Crippen LogP contribution in [0.15, 0.2) is 37.8 Å². The van der Waals surface area contributed by atoms with Crippen molar-refractivity contribution >= 4 is 23.4 Å². The number of aromatic amines is 1. The molecule has 0 saturated carbocycles. The Hall–Kier alpha value is -2.28. The Balaban J connectivity index is 1.89. The van der Waals surface area contributed by atoms with Gasteiger partial charge in [-0.3, -0.25) is 9.59 Å². The summed E-state index contributed by atoms with van der Waals surface area (Å²) in [7, 11) is 0. The predicted molar refractivity (Wildman–Crippen MR) is 114 cm³/mol. The SMILES string of the molecule is CC[C@H](C)Sc1nc2c(c(=O)[nH]1)[C@H](c1ccc(C)o1)C1=C(CC(C)(C)CC1=O)N2. The lowest BCUT2D eigenvalue weighted by atomic mass is 9.70. The molecule has 1 aliphatic carbocycles. The Kier molecular flexibility index (Phi) is 4.97. The molecule has 3 heterocycles. The highest BCUT2D eigenvalue weighted by Crippen LogP contribution is 2.48. The minimum absolute atomic E-state index is 0.0610. The van der Waals surface area contributed by atoms with Gasteiger partial charge in [-0.1, -0.05) is 39.5 Å². The van der Waals surface area contributed by atoms with Gasteiger partial charge in [0.25, 0.3) is 5.56 Å². The molecule has 0 amide bonds. The highest BCUT2D eigenvalue weighted by Gasteiger charge is 2.43. The van der Waals surface area contributed by atoms with Crippen molar-refractivity contribution in [2.24, 2.45) is 5.41 Å². The number of ketones is 1. The normalized spacial score (nSPS) is 21.4. The average Bonchev–Trinajstić information content (AvgIpc) is 3.04. The number of nitrogens with zero attached hydrogens (tertiary/aromatic N) is 1. The molecule has 0 bridgehead atoms. The quantitative estimate of drug-likeness (QED) is 0.555. The van der Waals surface area contributed by atoms with Crippen molar-refractivity contribution < 1.29 is 9.21 Å². The van der Waals surface area contributed by atoms with Crippen LogP contribution in [0.4, 0.5) is 5.82 Å². The highest BCUT2D eigenvalue weighted by molar-refractivity contribution is 7.99. The van der Waals surface area contributed by atoms with E-state index in [4.69, 9.17) is 9.40 Å². The van der Waals surface area contributed by atoms with Crippen LogP contribution in [0.25, 0.3) is 0 Å². The number of allylic oxidation sites excluding steroid dienone is 2. The fraction of sp³-hybridized carbons (Fsp3) is 0.500. The molecular weight excluding hydrogens is 386 g/mol. The number of aromatic nitrogens is 2. The van der Waals surface area contributed by atoms with Gasteiger partial charge in [0, 0.05) is 22.9 Å². The maximum absolute atomic E-state index is 13.1. The number of thioether (sulfide) groups is 1. The van der Waals surface area contributed by atoms with E-state index in [1.54, 1.807) is 11.8 Å². The molecule has 6 nitrogen and oxygen atoms in total. The first-order valence-corrected chi connectivity index (χ1v) is 11.0. The number of fused-ring (bicyclic) bond motifs is 1. The Bertz CT molecular complexity index is 1060. The molecule has 0 saturated heterocycles. The number of nitrogens with one attached hydrogen (secondary N) is 2. The van der Waals surface area contributed by atoms with Crippen LogP contribution in [0.5, 0.6) is 0 Å². The van der Waals surface area contributed by atoms with Crippen LogP contribution in [-0.4, -0.2) is 21.0 Å². The smallest absolute Gasteiger partial charge is 0.257 e. The molecule has 2 aromatic rings. The third-order valence-electron chi connectivity index (χ3n) is 5.63. The number of carbonyl (C=O) groups excluding carboxylic acids is 1. The van der Waals surface area contributed by atoms with Crippen LogP contribution >= 0.6 is 11.8 Å². The van der Waals surface area contributed by atoms with E-state index in [9.17, 15) is 9.59 Å². The lowest BCUT2D eigenvalue weighted by Gasteiger charge is -2.37. The van der Waals surface area contributed by atoms with Crippen molar-refractivity contribution in [2.75, 3.05) is 5.32 Å². The van der Waals surface area contributed by atoms with Crippen molar-refractivity contribution in [3.05, 3.63) is 50.8 Å². The average molecular weight is 414 g/mol. The summed E-state index contributed by atoms with van der Waals surface area (Å²) < 4.78 is 5.90. The molecule has 7 heteroatoms. The Morgan fingerprint density at radius 1 is 1.31 bits per heavy atom. The van der Waals surface area contributed by atoms with Gasteiger partial charge in [0.2, 0.25) is 0 Å². The largest absolute Gasteiger partial charge is 0.465 e. The summed E-state index contributed by atoms with van der Waals surface area (Å²) in [5.74, 6) is 1.42. The van der Waals surface area contributed by atoms with E-state index < -0.39 is 5.92 Å². The number of aryl methyl sites for hydroxylation is 1. The number of furan rings is 1. The second-order valence-electron chi connectivity index (χ2n) is 8.81. The molecule has 0 radical (unpaired) electrons. The fourth-order valence-corrected chi connectivity index (χ4v) is 4.96. The van der Waals surface area contributed by atoms with Crippen molar-refractivity contribution in [1.82, 2.24) is 9.97 Å². The minimum Gasteiger partial charge on any atom is -0.465 e. The van der Waals surface area contributed by atoms with E-state index >= 15 is 0 Å². The zero-order valence-electron chi connectivity index (χ0n) is 17.5. The second kappa shape index (κ2) is 7.20. The van der Waals surface area contributed by atoms with Gasteiger partial charge >= 0.3 is 0 Å². The topological polar surface area (TPSA) is 88.0 Å². The molecule has 154 valence electrons. The maximum Gasteiger partial charge on any atom is 0.257 e. The van der Waals surface area contributed by atoms with Crippen LogP contribution < -0.4 is 10.9 Å². The molecular formula is C22H27N3O3S. The fourth-order valence-electron chi connectivity index (χ4n) is 4.12. The molecule has 29 heavy (non-hydrogen) atoms. The minimum atomic E-state index is -0.530. The van der Waals surface area contributed by atoms with Gasteiger partial charge < -0.3 is 14.7 Å². The predicted octanol–water partition coefficient (Wildman–Crippen LogP) is 4.76. The standard InChI is InChI=1S/C22H27N3O3S/c1-6-12(3)29-21-24-19-18(20(27)25-21)17(15-8-7-11(2)28-15)16-13(23-19)9-22(4,5)10-14(16)26/h7-8,12,17H,6,9-10H2,1-5H3,(H2,23,24,25,27)/t12-,17+/m0/s1. The van der Waals surface area contributed by atoms with Gasteiger partial charge in [0.15, 0.2) is 10.9 Å². The summed E-state index contributed by atoms with van der Waals surface area (Å²) in [6.45, 7) is 10.3. The number of anilines is 1. The van der Waals surface area contributed by atoms with Gasteiger partial charge in [-0.25, -0.2) is 4.98 Å². The lowest BCUT2D eigenvalue weighted by molar-refractivity contribution is -0.118. The van der Waals surface area contributed by atoms with Crippen molar-refractivity contribution in [3.63, 3.8) is 0 Å². The summed E-state index contributed by atoms with van der Waals surface area (Å²) in [5.41, 5.74) is 1.59. The van der Waals surface area contributed by atoms with Gasteiger partial charge in [0.05, 0.1) is 11.5 Å². The summed E-state index contributed by atoms with van der Waals surface area (Å²) in [5, 5.41) is 4.27.